The van der Waals surface area contributed by atoms with E-state index in [2.05, 4.69) is 16.5 Å². The lowest BCUT2D eigenvalue weighted by atomic mass is 10.0. The van der Waals surface area contributed by atoms with Crippen molar-refractivity contribution in [3.05, 3.63) is 88.9 Å². The lowest BCUT2D eigenvalue weighted by Gasteiger charge is -2.35. The Bertz CT molecular complexity index is 1600. The lowest BCUT2D eigenvalue weighted by molar-refractivity contribution is -0.126. The standard InChI is InChI=1S/C29H29FN6O2/c1-5-24(37)34-14-16-35(17-15-34)27-21-10-11-23(20-8-6-7-9-22(20)30)32-28(21)36(29(38)33-27)26-19(4)12-13-31-25(26)18(2)3/h5-13,18H,1,14-17H2,2-4H3. The molecule has 4 heterocycles. The molecule has 0 N–H and O–H groups in total. The van der Waals surface area contributed by atoms with E-state index in [1.165, 1.54) is 16.7 Å². The van der Waals surface area contributed by atoms with Gasteiger partial charge in [-0.25, -0.2) is 18.7 Å². The zero-order valence-electron chi connectivity index (χ0n) is 21.7. The SMILES string of the molecule is C=CC(=O)N1CCN(c2nc(=O)n(-c3c(C)ccnc3C(C)C)c3nc(-c4ccccc4F)ccc23)CC1. The number of aromatic nitrogens is 4. The molecule has 1 aromatic carbocycles. The van der Waals surface area contributed by atoms with Crippen LogP contribution in [0.4, 0.5) is 10.2 Å². The number of fused-ring (bicyclic) bond motifs is 1. The Morgan fingerprint density at radius 3 is 2.47 bits per heavy atom. The van der Waals surface area contributed by atoms with Crippen molar-refractivity contribution >= 4 is 22.8 Å². The molecule has 1 saturated heterocycles. The van der Waals surface area contributed by atoms with Crippen molar-refractivity contribution in [3.63, 3.8) is 0 Å². The van der Waals surface area contributed by atoms with Crippen LogP contribution in [0.3, 0.4) is 0 Å². The molecule has 8 nitrogen and oxygen atoms in total. The van der Waals surface area contributed by atoms with Crippen molar-refractivity contribution < 1.29 is 9.18 Å². The van der Waals surface area contributed by atoms with Crippen LogP contribution in [0.2, 0.25) is 0 Å². The molecule has 1 fully saturated rings. The molecule has 0 saturated carbocycles. The van der Waals surface area contributed by atoms with E-state index >= 15 is 0 Å². The molecule has 9 heteroatoms. The Kier molecular flexibility index (Phi) is 6.75. The Balaban J connectivity index is 1.75. The van der Waals surface area contributed by atoms with E-state index in [9.17, 15) is 14.0 Å². The molecule has 0 radical (unpaired) electrons. The van der Waals surface area contributed by atoms with Crippen molar-refractivity contribution in [1.82, 2.24) is 24.4 Å². The first kappa shape index (κ1) is 25.3. The fraction of sp³-hybridized carbons (Fsp3) is 0.276. The number of carbonyl (C=O) groups excluding carboxylic acids is 1. The monoisotopic (exact) mass is 512 g/mol. The van der Waals surface area contributed by atoms with E-state index in [1.54, 1.807) is 35.4 Å². The third-order valence-corrected chi connectivity index (χ3v) is 6.86. The highest BCUT2D eigenvalue weighted by Crippen LogP contribution is 2.31. The molecule has 4 aromatic rings. The molecule has 3 aromatic heterocycles. The van der Waals surface area contributed by atoms with Gasteiger partial charge in [-0.15, -0.1) is 0 Å². The molecular weight excluding hydrogens is 483 g/mol. The number of carbonyl (C=O) groups is 1. The molecule has 0 spiro atoms. The summed E-state index contributed by atoms with van der Waals surface area (Å²) < 4.78 is 16.2. The number of halogens is 1. The van der Waals surface area contributed by atoms with E-state index in [0.717, 1.165) is 11.3 Å². The van der Waals surface area contributed by atoms with Crippen molar-refractivity contribution in [3.8, 4) is 16.9 Å². The second-order valence-corrected chi connectivity index (χ2v) is 9.63. The number of hydrogen-bond donors (Lipinski definition) is 0. The number of anilines is 1. The van der Waals surface area contributed by atoms with Gasteiger partial charge in [0.25, 0.3) is 0 Å². The second kappa shape index (κ2) is 10.2. The van der Waals surface area contributed by atoms with E-state index in [0.29, 0.717) is 60.0 Å². The summed E-state index contributed by atoms with van der Waals surface area (Å²) in [4.78, 5) is 43.5. The molecule has 1 aliphatic heterocycles. The zero-order chi connectivity index (χ0) is 27.0. The van der Waals surface area contributed by atoms with Gasteiger partial charge in [0.2, 0.25) is 5.91 Å². The Labute approximate surface area is 220 Å². The molecule has 0 bridgehead atoms. The van der Waals surface area contributed by atoms with Crippen LogP contribution in [0.15, 0.2) is 66.1 Å². The third-order valence-electron chi connectivity index (χ3n) is 6.86. The zero-order valence-corrected chi connectivity index (χ0v) is 21.7. The highest BCUT2D eigenvalue weighted by molar-refractivity contribution is 5.91. The fourth-order valence-corrected chi connectivity index (χ4v) is 4.90. The summed E-state index contributed by atoms with van der Waals surface area (Å²) >= 11 is 0. The molecule has 0 atom stereocenters. The molecule has 0 unspecified atom stereocenters. The number of pyridine rings is 2. The maximum Gasteiger partial charge on any atom is 0.355 e. The Morgan fingerprint density at radius 2 is 1.79 bits per heavy atom. The summed E-state index contributed by atoms with van der Waals surface area (Å²) in [5.41, 5.74) is 2.88. The van der Waals surface area contributed by atoms with Crippen LogP contribution in [0.25, 0.3) is 28.0 Å². The minimum Gasteiger partial charge on any atom is -0.352 e. The molecule has 38 heavy (non-hydrogen) atoms. The summed E-state index contributed by atoms with van der Waals surface area (Å²) in [6.45, 7) is 11.5. The number of aryl methyl sites for hydroxylation is 1. The van der Waals surface area contributed by atoms with Crippen LogP contribution < -0.4 is 10.6 Å². The number of amides is 1. The Hall–Kier alpha value is -4.40. The quantitative estimate of drug-likeness (QED) is 0.372. The molecule has 194 valence electrons. The molecule has 1 aliphatic rings. The van der Waals surface area contributed by atoms with Crippen LogP contribution >= 0.6 is 0 Å². The first-order valence-corrected chi connectivity index (χ1v) is 12.6. The van der Waals surface area contributed by atoms with Gasteiger partial charge in [-0.2, -0.15) is 4.98 Å². The lowest BCUT2D eigenvalue weighted by Crippen LogP contribution is -2.49. The average Bonchev–Trinajstić information content (AvgIpc) is 2.92. The summed E-state index contributed by atoms with van der Waals surface area (Å²) in [6.07, 6.45) is 3.03. The highest BCUT2D eigenvalue weighted by Gasteiger charge is 2.26. The van der Waals surface area contributed by atoms with Crippen LogP contribution in [0.5, 0.6) is 0 Å². The minimum absolute atomic E-state index is 0.0387. The van der Waals surface area contributed by atoms with E-state index in [-0.39, 0.29) is 11.8 Å². The number of hydrogen-bond acceptors (Lipinski definition) is 6. The van der Waals surface area contributed by atoms with Gasteiger partial charge in [-0.05, 0) is 54.8 Å². The maximum absolute atomic E-state index is 14.7. The van der Waals surface area contributed by atoms with Gasteiger partial charge in [0.1, 0.15) is 11.6 Å². The Morgan fingerprint density at radius 1 is 1.05 bits per heavy atom. The summed E-state index contributed by atoms with van der Waals surface area (Å²) in [6, 6.07) is 11.9. The molecule has 1 amide bonds. The van der Waals surface area contributed by atoms with Crippen molar-refractivity contribution in [2.24, 2.45) is 0 Å². The highest BCUT2D eigenvalue weighted by atomic mass is 19.1. The number of benzene rings is 1. The number of rotatable bonds is 5. The minimum atomic E-state index is -0.492. The number of piperazine rings is 1. The van der Waals surface area contributed by atoms with Gasteiger partial charge in [-0.3, -0.25) is 9.78 Å². The summed E-state index contributed by atoms with van der Waals surface area (Å²) in [7, 11) is 0. The van der Waals surface area contributed by atoms with E-state index in [4.69, 9.17) is 4.98 Å². The molecular formula is C29H29FN6O2. The molecule has 0 aliphatic carbocycles. The van der Waals surface area contributed by atoms with Crippen molar-refractivity contribution in [1.29, 1.82) is 0 Å². The van der Waals surface area contributed by atoms with Gasteiger partial charge in [0, 0.05) is 37.9 Å². The van der Waals surface area contributed by atoms with Gasteiger partial charge in [0.05, 0.1) is 22.5 Å². The first-order chi connectivity index (χ1) is 18.3. The van der Waals surface area contributed by atoms with Crippen molar-refractivity contribution in [2.75, 3.05) is 31.1 Å². The predicted molar refractivity (Wildman–Crippen MR) is 146 cm³/mol. The van der Waals surface area contributed by atoms with Gasteiger partial charge >= 0.3 is 5.69 Å². The van der Waals surface area contributed by atoms with Crippen LogP contribution in [0, 0.1) is 12.7 Å². The van der Waals surface area contributed by atoms with Gasteiger partial charge in [-0.1, -0.05) is 32.6 Å². The first-order valence-electron chi connectivity index (χ1n) is 12.6. The summed E-state index contributed by atoms with van der Waals surface area (Å²) in [5.74, 6) is 0.0113. The second-order valence-electron chi connectivity index (χ2n) is 9.63. The normalized spacial score (nSPS) is 13.8. The maximum atomic E-state index is 14.7. The average molecular weight is 513 g/mol. The topological polar surface area (TPSA) is 84.2 Å². The van der Waals surface area contributed by atoms with Crippen LogP contribution in [-0.2, 0) is 4.79 Å². The largest absolute Gasteiger partial charge is 0.355 e. The third kappa shape index (κ3) is 4.44. The number of nitrogens with zero attached hydrogens (tertiary/aromatic N) is 6. The van der Waals surface area contributed by atoms with Crippen LogP contribution in [-0.4, -0.2) is 56.5 Å². The fourth-order valence-electron chi connectivity index (χ4n) is 4.90. The smallest absolute Gasteiger partial charge is 0.352 e. The van der Waals surface area contributed by atoms with E-state index < -0.39 is 11.5 Å². The van der Waals surface area contributed by atoms with Gasteiger partial charge in [0.15, 0.2) is 5.65 Å². The van der Waals surface area contributed by atoms with Crippen LogP contribution in [0.1, 0.15) is 31.0 Å². The van der Waals surface area contributed by atoms with Gasteiger partial charge < -0.3 is 9.80 Å². The van der Waals surface area contributed by atoms with E-state index in [1.807, 2.05) is 37.8 Å². The predicted octanol–water partition coefficient (Wildman–Crippen LogP) is 4.25. The summed E-state index contributed by atoms with van der Waals surface area (Å²) in [5, 5.41) is 0.658. The molecule has 5 rings (SSSR count). The van der Waals surface area contributed by atoms with Crippen molar-refractivity contribution in [2.45, 2.75) is 26.7 Å².